The molecule has 0 unspecified atom stereocenters. The number of nitrogens with zero attached hydrogens (tertiary/aromatic N) is 1. The molecule has 2 heteroatoms. The monoisotopic (exact) mass is 387 g/mol. The molecule has 0 aliphatic rings. The predicted molar refractivity (Wildman–Crippen MR) is 126 cm³/mol. The Morgan fingerprint density at radius 1 is 0.724 bits per heavy atom. The van der Waals surface area contributed by atoms with Crippen LogP contribution in [-0.2, 0) is 0 Å². The van der Waals surface area contributed by atoms with E-state index in [2.05, 4.69) is 54.4 Å². The van der Waals surface area contributed by atoms with Crippen molar-refractivity contribution < 1.29 is 4.74 Å². The second-order valence-corrected chi connectivity index (χ2v) is 7.68. The third kappa shape index (κ3) is 7.38. The fourth-order valence-corrected chi connectivity index (χ4v) is 3.49. The van der Waals surface area contributed by atoms with E-state index in [1.807, 2.05) is 30.5 Å². The molecule has 0 bridgehead atoms. The first-order valence-electron chi connectivity index (χ1n) is 11.1. The van der Waals surface area contributed by atoms with Crippen molar-refractivity contribution in [2.24, 2.45) is 4.99 Å². The lowest BCUT2D eigenvalue weighted by Gasteiger charge is -2.06. The van der Waals surface area contributed by atoms with Gasteiger partial charge in [-0.15, -0.1) is 0 Å². The molecule has 0 fully saturated rings. The molecule has 0 spiro atoms. The third-order valence-electron chi connectivity index (χ3n) is 5.24. The smallest absolute Gasteiger partial charge is 0.119 e. The summed E-state index contributed by atoms with van der Waals surface area (Å²) in [5.74, 6) is 0.928. The number of benzene rings is 3. The normalized spacial score (nSPS) is 11.3. The van der Waals surface area contributed by atoms with Gasteiger partial charge in [0.1, 0.15) is 5.75 Å². The highest BCUT2D eigenvalue weighted by Crippen LogP contribution is 2.20. The highest BCUT2D eigenvalue weighted by molar-refractivity contribution is 5.91. The minimum Gasteiger partial charge on any atom is -0.494 e. The molecule has 2 nitrogen and oxygen atoms in total. The van der Waals surface area contributed by atoms with E-state index < -0.39 is 0 Å². The summed E-state index contributed by atoms with van der Waals surface area (Å²) >= 11 is 0. The molecule has 3 aromatic rings. The van der Waals surface area contributed by atoms with Gasteiger partial charge < -0.3 is 4.74 Å². The van der Waals surface area contributed by atoms with Gasteiger partial charge in [-0.2, -0.15) is 0 Å². The summed E-state index contributed by atoms with van der Waals surface area (Å²) in [7, 11) is 0. The van der Waals surface area contributed by atoms with E-state index in [1.54, 1.807) is 0 Å². The zero-order chi connectivity index (χ0) is 20.2. The van der Waals surface area contributed by atoms with Crippen LogP contribution in [0, 0.1) is 0 Å². The highest BCUT2D eigenvalue weighted by atomic mass is 16.5. The maximum Gasteiger partial charge on any atom is 0.119 e. The molecule has 3 aromatic carbocycles. The SMILES string of the molecule is CCCCCCCCCCOc1ccc(N=Cc2ccc3ccccc3c2)cc1. The second kappa shape index (κ2) is 12.1. The van der Waals surface area contributed by atoms with Crippen molar-refractivity contribution in [2.75, 3.05) is 6.61 Å². The molecule has 0 aromatic heterocycles. The van der Waals surface area contributed by atoms with Gasteiger partial charge in [0.2, 0.25) is 0 Å². The number of hydrogen-bond donors (Lipinski definition) is 0. The largest absolute Gasteiger partial charge is 0.494 e. The fourth-order valence-electron chi connectivity index (χ4n) is 3.49. The summed E-state index contributed by atoms with van der Waals surface area (Å²) in [5, 5.41) is 2.49. The lowest BCUT2D eigenvalue weighted by atomic mass is 10.1. The molecular weight excluding hydrogens is 354 g/mol. The van der Waals surface area contributed by atoms with Crippen LogP contribution in [0.3, 0.4) is 0 Å². The maximum atomic E-state index is 5.87. The van der Waals surface area contributed by atoms with E-state index in [9.17, 15) is 0 Å². The van der Waals surface area contributed by atoms with Crippen molar-refractivity contribution in [3.8, 4) is 5.75 Å². The van der Waals surface area contributed by atoms with Crippen LogP contribution in [-0.4, -0.2) is 12.8 Å². The van der Waals surface area contributed by atoms with E-state index in [1.165, 1.54) is 55.7 Å². The molecular formula is C27H33NO. The molecule has 0 amide bonds. The number of aliphatic imine (C=N–C) groups is 1. The van der Waals surface area contributed by atoms with Gasteiger partial charge in [0.25, 0.3) is 0 Å². The number of unbranched alkanes of at least 4 members (excludes halogenated alkanes) is 7. The molecule has 0 aliphatic heterocycles. The van der Waals surface area contributed by atoms with Crippen LogP contribution in [0.25, 0.3) is 10.8 Å². The van der Waals surface area contributed by atoms with Gasteiger partial charge in [0.05, 0.1) is 12.3 Å². The Labute approximate surface area is 175 Å². The van der Waals surface area contributed by atoms with E-state index in [4.69, 9.17) is 4.74 Å². The molecule has 29 heavy (non-hydrogen) atoms. The topological polar surface area (TPSA) is 21.6 Å². The second-order valence-electron chi connectivity index (χ2n) is 7.68. The van der Waals surface area contributed by atoms with Gasteiger partial charge in [-0.05, 0) is 53.1 Å². The average molecular weight is 388 g/mol. The summed E-state index contributed by atoms with van der Waals surface area (Å²) in [6.07, 6.45) is 12.5. The highest BCUT2D eigenvalue weighted by Gasteiger charge is 1.97. The zero-order valence-electron chi connectivity index (χ0n) is 17.6. The van der Waals surface area contributed by atoms with Gasteiger partial charge in [0.15, 0.2) is 0 Å². The Hall–Kier alpha value is -2.61. The lowest BCUT2D eigenvalue weighted by Crippen LogP contribution is -1.96. The van der Waals surface area contributed by atoms with Crippen molar-refractivity contribution >= 4 is 22.7 Å². The molecule has 0 saturated heterocycles. The molecule has 0 heterocycles. The Kier molecular flexibility index (Phi) is 8.78. The van der Waals surface area contributed by atoms with Crippen molar-refractivity contribution in [1.29, 1.82) is 0 Å². The van der Waals surface area contributed by atoms with Crippen LogP contribution in [0.1, 0.15) is 63.9 Å². The molecule has 3 rings (SSSR count). The lowest BCUT2D eigenvalue weighted by molar-refractivity contribution is 0.304. The van der Waals surface area contributed by atoms with Crippen LogP contribution in [0.2, 0.25) is 0 Å². The molecule has 0 atom stereocenters. The van der Waals surface area contributed by atoms with E-state index in [-0.39, 0.29) is 0 Å². The molecule has 0 radical (unpaired) electrons. The summed E-state index contributed by atoms with van der Waals surface area (Å²) in [6, 6.07) is 22.8. The van der Waals surface area contributed by atoms with Gasteiger partial charge >= 0.3 is 0 Å². The van der Waals surface area contributed by atoms with Crippen LogP contribution in [0.15, 0.2) is 71.7 Å². The number of ether oxygens (including phenoxy) is 1. The number of hydrogen-bond acceptors (Lipinski definition) is 2. The Morgan fingerprint density at radius 3 is 2.17 bits per heavy atom. The van der Waals surface area contributed by atoms with Crippen molar-refractivity contribution in [2.45, 2.75) is 58.3 Å². The van der Waals surface area contributed by atoms with Crippen LogP contribution < -0.4 is 4.74 Å². The summed E-state index contributed by atoms with van der Waals surface area (Å²) in [5.41, 5.74) is 2.05. The van der Waals surface area contributed by atoms with Crippen molar-refractivity contribution in [3.05, 3.63) is 72.3 Å². The first-order valence-corrected chi connectivity index (χ1v) is 11.1. The van der Waals surface area contributed by atoms with Gasteiger partial charge in [0, 0.05) is 6.21 Å². The fraction of sp³-hybridized carbons (Fsp3) is 0.370. The molecule has 0 N–H and O–H groups in total. The minimum absolute atomic E-state index is 0.800. The number of fused-ring (bicyclic) bond motifs is 1. The Morgan fingerprint density at radius 2 is 1.41 bits per heavy atom. The van der Waals surface area contributed by atoms with Crippen molar-refractivity contribution in [1.82, 2.24) is 0 Å². The quantitative estimate of drug-likeness (QED) is 0.227. The maximum absolute atomic E-state index is 5.87. The van der Waals surface area contributed by atoms with E-state index in [0.29, 0.717) is 0 Å². The predicted octanol–water partition coefficient (Wildman–Crippen LogP) is 8.11. The zero-order valence-corrected chi connectivity index (χ0v) is 17.6. The van der Waals surface area contributed by atoms with Crippen LogP contribution in [0.5, 0.6) is 5.75 Å². The summed E-state index contributed by atoms with van der Waals surface area (Å²) in [6.45, 7) is 3.07. The van der Waals surface area contributed by atoms with Crippen LogP contribution >= 0.6 is 0 Å². The van der Waals surface area contributed by atoms with Gasteiger partial charge in [-0.1, -0.05) is 88.3 Å². The van der Waals surface area contributed by atoms with E-state index >= 15 is 0 Å². The minimum atomic E-state index is 0.800. The van der Waals surface area contributed by atoms with E-state index in [0.717, 1.165) is 30.0 Å². The first-order chi connectivity index (χ1) is 14.3. The molecule has 0 aliphatic carbocycles. The Balaban J connectivity index is 1.38. The van der Waals surface area contributed by atoms with Crippen molar-refractivity contribution in [3.63, 3.8) is 0 Å². The van der Waals surface area contributed by atoms with Gasteiger partial charge in [-0.25, -0.2) is 0 Å². The third-order valence-corrected chi connectivity index (χ3v) is 5.24. The molecule has 0 saturated carbocycles. The number of rotatable bonds is 12. The first kappa shape index (κ1) is 21.1. The summed E-state index contributed by atoms with van der Waals surface area (Å²) in [4.78, 5) is 4.60. The molecule has 152 valence electrons. The van der Waals surface area contributed by atoms with Crippen LogP contribution in [0.4, 0.5) is 5.69 Å². The Bertz CT molecular complexity index is 882. The summed E-state index contributed by atoms with van der Waals surface area (Å²) < 4.78 is 5.87. The van der Waals surface area contributed by atoms with Gasteiger partial charge in [-0.3, -0.25) is 4.99 Å². The standard InChI is InChI=1S/C27H33NO/c1-2-3-4-5-6-7-8-11-20-29-27-18-16-26(17-19-27)28-22-23-14-15-24-12-9-10-13-25(24)21-23/h9-10,12-19,21-22H,2-8,11,20H2,1H3. The average Bonchev–Trinajstić information content (AvgIpc) is 2.77.